The third kappa shape index (κ3) is 3.08. The van der Waals surface area contributed by atoms with Crippen molar-refractivity contribution >= 4 is 5.91 Å². The molecule has 1 aromatic rings. The Labute approximate surface area is 137 Å². The van der Waals surface area contributed by atoms with Gasteiger partial charge in [-0.2, -0.15) is 0 Å². The van der Waals surface area contributed by atoms with Crippen molar-refractivity contribution in [3.05, 3.63) is 29.8 Å². The highest BCUT2D eigenvalue weighted by molar-refractivity contribution is 5.76. The number of benzene rings is 1. The number of nitrogens with zero attached hydrogens (tertiary/aromatic N) is 1. The van der Waals surface area contributed by atoms with E-state index in [-0.39, 0.29) is 24.4 Å². The second-order valence-corrected chi connectivity index (χ2v) is 6.83. The number of amides is 1. The van der Waals surface area contributed by atoms with Gasteiger partial charge in [0.05, 0.1) is 19.3 Å². The van der Waals surface area contributed by atoms with Crippen LogP contribution in [0.4, 0.5) is 0 Å². The molecule has 1 saturated carbocycles. The van der Waals surface area contributed by atoms with Crippen molar-refractivity contribution in [1.29, 1.82) is 0 Å². The number of para-hydroxylation sites is 1. The summed E-state index contributed by atoms with van der Waals surface area (Å²) in [7, 11) is 1.66. The van der Waals surface area contributed by atoms with Gasteiger partial charge in [0.25, 0.3) is 0 Å². The molecule has 2 aliphatic rings. The van der Waals surface area contributed by atoms with Gasteiger partial charge in [0.1, 0.15) is 5.75 Å². The van der Waals surface area contributed by atoms with E-state index >= 15 is 0 Å². The molecule has 0 spiro atoms. The van der Waals surface area contributed by atoms with E-state index in [2.05, 4.69) is 4.90 Å². The van der Waals surface area contributed by atoms with Crippen LogP contribution in [0.2, 0.25) is 0 Å². The number of nitrogens with two attached hydrogens (primary N) is 1. The number of fused-ring (bicyclic) bond motifs is 1. The number of rotatable bonds is 4. The summed E-state index contributed by atoms with van der Waals surface area (Å²) >= 11 is 0. The van der Waals surface area contributed by atoms with Crippen molar-refractivity contribution in [2.45, 2.75) is 43.7 Å². The maximum atomic E-state index is 11.5. The molecule has 3 N–H and O–H groups in total. The normalized spacial score (nSPS) is 31.4. The van der Waals surface area contributed by atoms with Crippen LogP contribution in [-0.2, 0) is 4.79 Å². The van der Waals surface area contributed by atoms with Gasteiger partial charge >= 0.3 is 0 Å². The SMILES string of the molecule is COc1ccccc1[C@H]1[C@H]2CCCC[C@]2(O)CCN1CC(N)=O. The summed E-state index contributed by atoms with van der Waals surface area (Å²) in [6.45, 7) is 0.897. The Balaban J connectivity index is 2.02. The lowest BCUT2D eigenvalue weighted by Crippen LogP contribution is -2.56. The lowest BCUT2D eigenvalue weighted by Gasteiger charge is -2.52. The van der Waals surface area contributed by atoms with Crippen LogP contribution in [0.25, 0.3) is 0 Å². The molecule has 1 aromatic carbocycles. The quantitative estimate of drug-likeness (QED) is 0.888. The van der Waals surface area contributed by atoms with Gasteiger partial charge in [0.15, 0.2) is 0 Å². The molecule has 1 saturated heterocycles. The number of likely N-dealkylation sites (tertiary alicyclic amines) is 1. The highest BCUT2D eigenvalue weighted by atomic mass is 16.5. The van der Waals surface area contributed by atoms with E-state index in [9.17, 15) is 9.90 Å². The minimum absolute atomic E-state index is 0.0299. The highest BCUT2D eigenvalue weighted by Crippen LogP contribution is 2.50. The molecule has 2 fully saturated rings. The molecule has 1 aliphatic carbocycles. The maximum absolute atomic E-state index is 11.5. The number of methoxy groups -OCH3 is 1. The molecular weight excluding hydrogens is 292 g/mol. The third-order valence-corrected chi connectivity index (χ3v) is 5.49. The average molecular weight is 318 g/mol. The molecular formula is C18H26N2O3. The van der Waals surface area contributed by atoms with Crippen LogP contribution in [-0.4, -0.2) is 41.7 Å². The Morgan fingerprint density at radius 2 is 2.17 bits per heavy atom. The van der Waals surface area contributed by atoms with Gasteiger partial charge in [-0.25, -0.2) is 0 Å². The summed E-state index contributed by atoms with van der Waals surface area (Å²) in [4.78, 5) is 13.6. The van der Waals surface area contributed by atoms with Crippen molar-refractivity contribution in [3.63, 3.8) is 0 Å². The Morgan fingerprint density at radius 1 is 1.39 bits per heavy atom. The maximum Gasteiger partial charge on any atom is 0.231 e. The number of hydrogen-bond donors (Lipinski definition) is 2. The number of hydrogen-bond acceptors (Lipinski definition) is 4. The van der Waals surface area contributed by atoms with Crippen LogP contribution >= 0.6 is 0 Å². The van der Waals surface area contributed by atoms with Gasteiger partial charge in [0, 0.05) is 24.1 Å². The van der Waals surface area contributed by atoms with E-state index in [0.717, 1.165) is 37.0 Å². The summed E-state index contributed by atoms with van der Waals surface area (Å²) < 4.78 is 5.54. The van der Waals surface area contributed by atoms with Crippen molar-refractivity contribution in [1.82, 2.24) is 4.90 Å². The van der Waals surface area contributed by atoms with Crippen LogP contribution in [0.1, 0.15) is 43.7 Å². The highest BCUT2D eigenvalue weighted by Gasteiger charge is 2.49. The molecule has 1 heterocycles. The molecule has 3 rings (SSSR count). The first kappa shape index (κ1) is 16.3. The molecule has 0 radical (unpaired) electrons. The van der Waals surface area contributed by atoms with Gasteiger partial charge in [0.2, 0.25) is 5.91 Å². The lowest BCUT2D eigenvalue weighted by molar-refractivity contribution is -0.136. The standard InChI is InChI=1S/C18H26N2O3/c1-23-15-8-3-2-6-13(15)17-14-7-4-5-9-18(14,22)10-11-20(17)12-16(19)21/h2-3,6,8,14,17,22H,4-5,7,9-12H2,1H3,(H2,19,21)/t14-,17+,18+/m1/s1. The Kier molecular flexibility index (Phi) is 4.60. The number of primary amides is 1. The summed E-state index contributed by atoms with van der Waals surface area (Å²) in [5.74, 6) is 0.591. The van der Waals surface area contributed by atoms with Crippen molar-refractivity contribution in [2.24, 2.45) is 11.7 Å². The van der Waals surface area contributed by atoms with Gasteiger partial charge in [-0.3, -0.25) is 9.69 Å². The summed E-state index contributed by atoms with van der Waals surface area (Å²) in [5, 5.41) is 11.2. The number of carbonyl (C=O) groups excluding carboxylic acids is 1. The molecule has 1 amide bonds. The Morgan fingerprint density at radius 3 is 2.91 bits per heavy atom. The first-order valence-corrected chi connectivity index (χ1v) is 8.43. The number of aliphatic hydroxyl groups is 1. The lowest BCUT2D eigenvalue weighted by atomic mass is 9.66. The molecule has 5 heteroatoms. The second kappa shape index (κ2) is 6.49. The first-order valence-electron chi connectivity index (χ1n) is 8.43. The van der Waals surface area contributed by atoms with E-state index in [1.165, 1.54) is 0 Å². The predicted octanol–water partition coefficient (Wildman–Crippen LogP) is 1.85. The molecule has 0 bridgehead atoms. The predicted molar refractivity (Wildman–Crippen MR) is 88.0 cm³/mol. The Hall–Kier alpha value is -1.59. The van der Waals surface area contributed by atoms with E-state index in [1.54, 1.807) is 7.11 Å². The summed E-state index contributed by atoms with van der Waals surface area (Å²) in [6.07, 6.45) is 4.70. The van der Waals surface area contributed by atoms with Crippen molar-refractivity contribution in [3.8, 4) is 5.75 Å². The zero-order valence-corrected chi connectivity index (χ0v) is 13.7. The van der Waals surface area contributed by atoms with Crippen LogP contribution < -0.4 is 10.5 Å². The molecule has 0 aromatic heterocycles. The van der Waals surface area contributed by atoms with Gasteiger partial charge in [-0.05, 0) is 25.3 Å². The van der Waals surface area contributed by atoms with E-state index in [0.29, 0.717) is 13.0 Å². The van der Waals surface area contributed by atoms with E-state index in [1.807, 2.05) is 24.3 Å². The van der Waals surface area contributed by atoms with E-state index in [4.69, 9.17) is 10.5 Å². The molecule has 126 valence electrons. The summed E-state index contributed by atoms with van der Waals surface area (Å²) in [6, 6.07) is 7.87. The fourth-order valence-electron chi connectivity index (χ4n) is 4.44. The molecule has 0 unspecified atom stereocenters. The van der Waals surface area contributed by atoms with Crippen LogP contribution in [0.15, 0.2) is 24.3 Å². The van der Waals surface area contributed by atoms with E-state index < -0.39 is 5.60 Å². The fourth-order valence-corrected chi connectivity index (χ4v) is 4.44. The zero-order valence-electron chi connectivity index (χ0n) is 13.7. The van der Waals surface area contributed by atoms with Crippen LogP contribution in [0.3, 0.4) is 0 Å². The van der Waals surface area contributed by atoms with Gasteiger partial charge in [-0.1, -0.05) is 31.0 Å². The van der Waals surface area contributed by atoms with Crippen molar-refractivity contribution < 1.29 is 14.6 Å². The minimum Gasteiger partial charge on any atom is -0.496 e. The van der Waals surface area contributed by atoms with Gasteiger partial charge < -0.3 is 15.6 Å². The topological polar surface area (TPSA) is 75.8 Å². The average Bonchev–Trinajstić information content (AvgIpc) is 2.54. The molecule has 5 nitrogen and oxygen atoms in total. The molecule has 3 atom stereocenters. The molecule has 23 heavy (non-hydrogen) atoms. The number of carbonyl (C=O) groups is 1. The minimum atomic E-state index is -0.641. The first-order chi connectivity index (χ1) is 11.0. The third-order valence-electron chi connectivity index (χ3n) is 5.49. The van der Waals surface area contributed by atoms with Crippen LogP contribution in [0, 0.1) is 5.92 Å². The number of ether oxygens (including phenoxy) is 1. The number of piperidine rings is 1. The smallest absolute Gasteiger partial charge is 0.231 e. The molecule has 1 aliphatic heterocycles. The largest absolute Gasteiger partial charge is 0.496 e. The Bertz CT molecular complexity index is 577. The van der Waals surface area contributed by atoms with Gasteiger partial charge in [-0.15, -0.1) is 0 Å². The summed E-state index contributed by atoms with van der Waals surface area (Å²) in [5.41, 5.74) is 5.86. The fraction of sp³-hybridized carbons (Fsp3) is 0.611. The van der Waals surface area contributed by atoms with Crippen molar-refractivity contribution in [2.75, 3.05) is 20.2 Å². The monoisotopic (exact) mass is 318 g/mol. The second-order valence-electron chi connectivity index (χ2n) is 6.83. The van der Waals surface area contributed by atoms with Crippen LogP contribution in [0.5, 0.6) is 5.75 Å². The zero-order chi connectivity index (χ0) is 16.4.